The molecule has 4 nitrogen and oxygen atoms in total. The van der Waals surface area contributed by atoms with Crippen molar-refractivity contribution in [2.24, 2.45) is 0 Å². The Balaban J connectivity index is 2.05. The quantitative estimate of drug-likeness (QED) is 0.116. The molecule has 0 saturated heterocycles. The molecular formula is C33H62N2O2. The smallest absolute Gasteiger partial charge is 0.268 e. The third-order valence-corrected chi connectivity index (χ3v) is 8.01. The van der Waals surface area contributed by atoms with E-state index >= 15 is 0 Å². The van der Waals surface area contributed by atoms with E-state index < -0.39 is 0 Å². The highest BCUT2D eigenvalue weighted by atomic mass is 16.2. The molecule has 0 aromatic rings. The van der Waals surface area contributed by atoms with Crippen LogP contribution < -0.4 is 5.32 Å². The Hall–Kier alpha value is -1.32. The lowest BCUT2D eigenvalue weighted by atomic mass is 10.0. The first kappa shape index (κ1) is 33.7. The molecule has 2 amide bonds. The summed E-state index contributed by atoms with van der Waals surface area (Å²) in [7, 11) is 1.76. The highest BCUT2D eigenvalue weighted by molar-refractivity contribution is 5.99. The lowest BCUT2D eigenvalue weighted by molar-refractivity contribution is -0.131. The normalized spacial score (nSPS) is 15.2. The molecular weight excluding hydrogens is 456 g/mol. The van der Waals surface area contributed by atoms with Crippen molar-refractivity contribution in [2.45, 2.75) is 180 Å². The van der Waals surface area contributed by atoms with Crippen molar-refractivity contribution in [2.75, 3.05) is 7.05 Å². The van der Waals surface area contributed by atoms with Crippen LogP contribution in [0.25, 0.3) is 0 Å². The molecule has 0 fully saturated rings. The summed E-state index contributed by atoms with van der Waals surface area (Å²) >= 11 is 0. The Kier molecular flexibility index (Phi) is 21.7. The standard InChI is InChI=1S/C33H62N2O2/c1-4-6-8-10-12-14-16-18-19-21-23-25-27-30-29-31(33(37)34-30)35(3)32(36)28-26-24-22-20-17-15-13-11-9-7-5-2/h29-30H,4-28H2,1-3H3,(H,34,37). The zero-order valence-corrected chi connectivity index (χ0v) is 25.1. The van der Waals surface area contributed by atoms with Crippen molar-refractivity contribution in [1.82, 2.24) is 10.2 Å². The van der Waals surface area contributed by atoms with Gasteiger partial charge in [-0.05, 0) is 18.9 Å². The van der Waals surface area contributed by atoms with Crippen LogP contribution >= 0.6 is 0 Å². The molecule has 1 N–H and O–H groups in total. The van der Waals surface area contributed by atoms with Gasteiger partial charge in [0.2, 0.25) is 5.91 Å². The highest BCUT2D eigenvalue weighted by Gasteiger charge is 2.27. The van der Waals surface area contributed by atoms with Crippen molar-refractivity contribution in [3.05, 3.63) is 11.8 Å². The van der Waals surface area contributed by atoms with Crippen LogP contribution in [0, 0.1) is 0 Å². The number of carbonyl (C=O) groups is 2. The minimum atomic E-state index is -0.0845. The molecule has 0 bridgehead atoms. The van der Waals surface area contributed by atoms with E-state index in [0.29, 0.717) is 12.1 Å². The van der Waals surface area contributed by atoms with Gasteiger partial charge in [-0.25, -0.2) is 0 Å². The van der Waals surface area contributed by atoms with Gasteiger partial charge in [-0.3, -0.25) is 9.59 Å². The molecule has 0 spiro atoms. The Morgan fingerprint density at radius 3 is 1.46 bits per heavy atom. The average molecular weight is 519 g/mol. The summed E-state index contributed by atoms with van der Waals surface area (Å²) in [4.78, 5) is 26.6. The van der Waals surface area contributed by atoms with E-state index in [9.17, 15) is 9.59 Å². The fourth-order valence-corrected chi connectivity index (χ4v) is 5.42. The molecule has 1 aliphatic rings. The van der Waals surface area contributed by atoms with E-state index in [1.807, 2.05) is 6.08 Å². The van der Waals surface area contributed by atoms with Gasteiger partial charge in [0.05, 0.1) is 0 Å². The number of nitrogens with one attached hydrogen (secondary N) is 1. The monoisotopic (exact) mass is 518 g/mol. The zero-order valence-electron chi connectivity index (χ0n) is 25.1. The number of unbranched alkanes of at least 4 members (excludes halogenated alkanes) is 21. The molecule has 1 heterocycles. The maximum atomic E-state index is 12.6. The van der Waals surface area contributed by atoms with Crippen LogP contribution in [-0.4, -0.2) is 29.8 Å². The summed E-state index contributed by atoms with van der Waals surface area (Å²) in [5.41, 5.74) is 0.553. The minimum absolute atomic E-state index is 0.0725. The van der Waals surface area contributed by atoms with E-state index in [1.54, 1.807) is 11.9 Å². The molecule has 0 aromatic heterocycles. The first-order valence-corrected chi connectivity index (χ1v) is 16.4. The van der Waals surface area contributed by atoms with Crippen molar-refractivity contribution < 1.29 is 9.59 Å². The Labute approximate surface area is 230 Å². The SMILES string of the molecule is CCCCCCCCCCCCCCC1C=C(N(C)C(=O)CCCCCCCCCCCCC)C(=O)N1. The second-order valence-electron chi connectivity index (χ2n) is 11.5. The average Bonchev–Trinajstić information content (AvgIpc) is 3.27. The number of amides is 2. The third kappa shape index (κ3) is 17.7. The number of hydrogen-bond donors (Lipinski definition) is 1. The van der Waals surface area contributed by atoms with Crippen molar-refractivity contribution in [3.63, 3.8) is 0 Å². The number of nitrogens with zero attached hydrogens (tertiary/aromatic N) is 1. The number of carbonyl (C=O) groups excluding carboxylic acids is 2. The zero-order chi connectivity index (χ0) is 27.0. The van der Waals surface area contributed by atoms with E-state index in [4.69, 9.17) is 0 Å². The largest absolute Gasteiger partial charge is 0.344 e. The molecule has 1 atom stereocenters. The van der Waals surface area contributed by atoms with Crippen LogP contribution in [0.3, 0.4) is 0 Å². The van der Waals surface area contributed by atoms with E-state index in [-0.39, 0.29) is 17.9 Å². The maximum absolute atomic E-state index is 12.6. The van der Waals surface area contributed by atoms with Gasteiger partial charge in [0.25, 0.3) is 5.91 Å². The van der Waals surface area contributed by atoms with Crippen LogP contribution in [0.1, 0.15) is 174 Å². The van der Waals surface area contributed by atoms with Crippen LogP contribution in [0.4, 0.5) is 0 Å². The highest BCUT2D eigenvalue weighted by Crippen LogP contribution is 2.19. The topological polar surface area (TPSA) is 49.4 Å². The van der Waals surface area contributed by atoms with Crippen molar-refractivity contribution in [1.29, 1.82) is 0 Å². The van der Waals surface area contributed by atoms with Gasteiger partial charge in [0.15, 0.2) is 0 Å². The van der Waals surface area contributed by atoms with Gasteiger partial charge in [0.1, 0.15) is 5.70 Å². The summed E-state index contributed by atoms with van der Waals surface area (Å²) in [6, 6.07) is 0.0860. The lowest BCUT2D eigenvalue weighted by Crippen LogP contribution is -2.33. The molecule has 1 unspecified atom stereocenters. The predicted molar refractivity (Wildman–Crippen MR) is 160 cm³/mol. The van der Waals surface area contributed by atoms with Gasteiger partial charge < -0.3 is 10.2 Å². The summed E-state index contributed by atoms with van der Waals surface area (Å²) < 4.78 is 0. The minimum Gasteiger partial charge on any atom is -0.344 e. The van der Waals surface area contributed by atoms with Gasteiger partial charge in [-0.2, -0.15) is 0 Å². The maximum Gasteiger partial charge on any atom is 0.268 e. The first-order chi connectivity index (χ1) is 18.1. The molecule has 1 rings (SSSR count). The number of hydrogen-bond acceptors (Lipinski definition) is 2. The second-order valence-corrected chi connectivity index (χ2v) is 11.5. The van der Waals surface area contributed by atoms with Gasteiger partial charge >= 0.3 is 0 Å². The molecule has 216 valence electrons. The lowest BCUT2D eigenvalue weighted by Gasteiger charge is -2.16. The Morgan fingerprint density at radius 1 is 0.649 bits per heavy atom. The summed E-state index contributed by atoms with van der Waals surface area (Å²) in [6.45, 7) is 4.54. The van der Waals surface area contributed by atoms with Gasteiger partial charge in [-0.15, -0.1) is 0 Å². The molecule has 37 heavy (non-hydrogen) atoms. The first-order valence-electron chi connectivity index (χ1n) is 16.4. The third-order valence-electron chi connectivity index (χ3n) is 8.01. The van der Waals surface area contributed by atoms with Gasteiger partial charge in [0, 0.05) is 19.5 Å². The number of likely N-dealkylation sites (N-methyl/N-ethyl adjacent to an activating group) is 1. The fourth-order valence-electron chi connectivity index (χ4n) is 5.42. The fraction of sp³-hybridized carbons (Fsp3) is 0.879. The number of rotatable bonds is 26. The van der Waals surface area contributed by atoms with E-state index in [1.165, 1.54) is 128 Å². The summed E-state index contributed by atoms with van der Waals surface area (Å²) in [6.07, 6.45) is 33.7. The predicted octanol–water partition coefficient (Wildman–Crippen LogP) is 9.62. The van der Waals surface area contributed by atoms with Gasteiger partial charge in [-0.1, -0.05) is 155 Å². The molecule has 0 saturated carbocycles. The Bertz CT molecular complexity index is 601. The molecule has 0 aromatic carbocycles. The molecule has 1 aliphatic heterocycles. The molecule has 4 heteroatoms. The van der Waals surface area contributed by atoms with Crippen LogP contribution in [0.5, 0.6) is 0 Å². The second kappa shape index (κ2) is 23.8. The van der Waals surface area contributed by atoms with E-state index in [0.717, 1.165) is 25.7 Å². The summed E-state index contributed by atoms with van der Waals surface area (Å²) in [5.74, 6) is -0.0120. The van der Waals surface area contributed by atoms with Crippen LogP contribution in [0.2, 0.25) is 0 Å². The summed E-state index contributed by atoms with van der Waals surface area (Å²) in [5, 5.41) is 3.07. The molecule has 0 radical (unpaired) electrons. The Morgan fingerprint density at radius 2 is 1.03 bits per heavy atom. The van der Waals surface area contributed by atoms with E-state index in [2.05, 4.69) is 19.2 Å². The van der Waals surface area contributed by atoms with Crippen LogP contribution in [-0.2, 0) is 9.59 Å². The van der Waals surface area contributed by atoms with Crippen molar-refractivity contribution in [3.8, 4) is 0 Å². The molecule has 0 aliphatic carbocycles. The van der Waals surface area contributed by atoms with Crippen molar-refractivity contribution >= 4 is 11.8 Å². The van der Waals surface area contributed by atoms with Crippen LogP contribution in [0.15, 0.2) is 11.8 Å².